The first-order valence-electron chi connectivity index (χ1n) is 22.3. The van der Waals surface area contributed by atoms with Gasteiger partial charge in [-0.15, -0.1) is 0 Å². The van der Waals surface area contributed by atoms with Crippen LogP contribution in [0.1, 0.15) is 78.2 Å². The maximum Gasteiger partial charge on any atom is 0.251 e. The Balaban J connectivity index is 1.03. The average Bonchev–Trinajstić information content (AvgIpc) is 3.30. The molecule has 13 nitrogen and oxygen atoms in total. The molecule has 0 spiro atoms. The van der Waals surface area contributed by atoms with E-state index in [2.05, 4.69) is 90.0 Å². The summed E-state index contributed by atoms with van der Waals surface area (Å²) in [6, 6.07) is 27.2. The summed E-state index contributed by atoms with van der Waals surface area (Å²) in [6.45, 7) is 10.4. The lowest BCUT2D eigenvalue weighted by molar-refractivity contribution is -0.133. The maximum absolute atomic E-state index is 13.7. The van der Waals surface area contributed by atoms with E-state index in [4.69, 9.17) is 34.1 Å². The topological polar surface area (TPSA) is 155 Å². The second-order valence-corrected chi connectivity index (χ2v) is 15.3. The Morgan fingerprint density at radius 1 is 0.774 bits per heavy atom. The van der Waals surface area contributed by atoms with Crippen molar-refractivity contribution in [2.75, 3.05) is 102 Å². The van der Waals surface area contributed by atoms with Crippen molar-refractivity contribution in [3.05, 3.63) is 113 Å². The van der Waals surface area contributed by atoms with Crippen LogP contribution in [0, 0.1) is 0 Å². The molecule has 0 bridgehead atoms. The summed E-state index contributed by atoms with van der Waals surface area (Å²) in [5.74, 6) is -0.248. The van der Waals surface area contributed by atoms with E-state index in [1.807, 2.05) is 12.1 Å². The van der Waals surface area contributed by atoms with E-state index >= 15 is 0 Å². The SMILES string of the molecule is CCN(CC)c1ccc(NCc2cccc(CCCOCCOCCOCCOCCC(=O)N(CCO)CCO)c2)c(-c2cc(C(=O)NC3CCCc4ccccc43)ccn2)c1. The normalized spacial score (nSPS) is 13.4. The Kier molecular flexibility index (Phi) is 21.1. The van der Waals surface area contributed by atoms with E-state index < -0.39 is 0 Å². The fourth-order valence-electron chi connectivity index (χ4n) is 7.70. The lowest BCUT2D eigenvalue weighted by atomic mass is 9.87. The van der Waals surface area contributed by atoms with Gasteiger partial charge < -0.3 is 49.6 Å². The molecule has 62 heavy (non-hydrogen) atoms. The third-order valence-corrected chi connectivity index (χ3v) is 11.0. The van der Waals surface area contributed by atoms with Crippen LogP contribution in [0.25, 0.3) is 11.3 Å². The number of aliphatic hydroxyl groups excluding tert-OH is 2. The molecule has 4 aromatic rings. The fourth-order valence-corrected chi connectivity index (χ4v) is 7.70. The molecule has 13 heteroatoms. The molecular weight excluding hydrogens is 787 g/mol. The van der Waals surface area contributed by atoms with E-state index in [1.54, 1.807) is 12.3 Å². The molecule has 1 aliphatic carbocycles. The third kappa shape index (κ3) is 15.5. The molecule has 1 unspecified atom stereocenters. The van der Waals surface area contributed by atoms with Crippen LogP contribution in [0.15, 0.2) is 85.1 Å². The molecule has 4 N–H and O–H groups in total. The highest BCUT2D eigenvalue weighted by molar-refractivity contribution is 5.96. The summed E-state index contributed by atoms with van der Waals surface area (Å²) in [5, 5.41) is 25.1. The van der Waals surface area contributed by atoms with Crippen molar-refractivity contribution in [3.8, 4) is 11.3 Å². The van der Waals surface area contributed by atoms with Gasteiger partial charge in [0.25, 0.3) is 5.91 Å². The molecule has 2 amide bonds. The lowest BCUT2D eigenvalue weighted by Gasteiger charge is -2.26. The minimum Gasteiger partial charge on any atom is -0.395 e. The summed E-state index contributed by atoms with van der Waals surface area (Å²) in [7, 11) is 0. The number of aliphatic hydroxyl groups is 2. The highest BCUT2D eigenvalue weighted by Gasteiger charge is 2.23. The predicted molar refractivity (Wildman–Crippen MR) is 244 cm³/mol. The van der Waals surface area contributed by atoms with Gasteiger partial charge in [0.2, 0.25) is 5.91 Å². The van der Waals surface area contributed by atoms with Crippen LogP contribution in [0.5, 0.6) is 0 Å². The molecule has 0 aliphatic heterocycles. The predicted octanol–water partition coefficient (Wildman–Crippen LogP) is 6.22. The number of carbonyl (C=O) groups excluding carboxylic acids is 2. The summed E-state index contributed by atoms with van der Waals surface area (Å²) in [6.07, 6.45) is 6.75. The molecule has 336 valence electrons. The molecule has 1 aromatic heterocycles. The summed E-state index contributed by atoms with van der Waals surface area (Å²) in [5.41, 5.74) is 9.32. The van der Waals surface area contributed by atoms with Crippen molar-refractivity contribution in [2.45, 2.75) is 65.0 Å². The smallest absolute Gasteiger partial charge is 0.251 e. The van der Waals surface area contributed by atoms with Crippen molar-refractivity contribution >= 4 is 23.2 Å². The van der Waals surface area contributed by atoms with Crippen LogP contribution >= 0.6 is 0 Å². The number of nitrogens with zero attached hydrogens (tertiary/aromatic N) is 3. The number of pyridine rings is 1. The van der Waals surface area contributed by atoms with Crippen LogP contribution in [-0.4, -0.2) is 124 Å². The van der Waals surface area contributed by atoms with Crippen molar-refractivity contribution in [1.29, 1.82) is 0 Å². The largest absolute Gasteiger partial charge is 0.395 e. The third-order valence-electron chi connectivity index (χ3n) is 11.0. The van der Waals surface area contributed by atoms with Gasteiger partial charge in [-0.2, -0.15) is 0 Å². The monoisotopic (exact) mass is 853 g/mol. The molecule has 5 rings (SSSR count). The Morgan fingerprint density at radius 2 is 1.47 bits per heavy atom. The summed E-state index contributed by atoms with van der Waals surface area (Å²) in [4.78, 5) is 34.3. The second-order valence-electron chi connectivity index (χ2n) is 15.3. The van der Waals surface area contributed by atoms with E-state index in [1.165, 1.54) is 27.2 Å². The molecule has 0 saturated heterocycles. The number of rotatable bonds is 29. The lowest BCUT2D eigenvalue weighted by Crippen LogP contribution is -2.36. The van der Waals surface area contributed by atoms with Crippen molar-refractivity contribution < 1.29 is 38.7 Å². The standard InChI is InChI=1S/C49H67N5O8/c1-3-53(4-2)42-17-18-45(44(36-42)47-35-41(19-21-50-47)49(58)52-46-16-8-14-40-13-5-6-15-43(40)46)51-37-39-11-7-10-38(34-39)12-9-26-59-28-30-61-32-33-62-31-29-60-27-20-48(57)54(22-24-55)23-25-56/h5-7,10-11,13,15,17-19,21,34-36,46,51,55-56H,3-4,8-9,12,14,16,20,22-33,37H2,1-2H3,(H,52,58). The molecular formula is C49H67N5O8. The number of nitrogens with one attached hydrogen (secondary N) is 2. The molecule has 1 atom stereocenters. The number of aryl methyl sites for hydroxylation is 2. The summed E-state index contributed by atoms with van der Waals surface area (Å²) >= 11 is 0. The van der Waals surface area contributed by atoms with Gasteiger partial charge in [-0.3, -0.25) is 14.6 Å². The number of fused-ring (bicyclic) bond motifs is 1. The number of hydrogen-bond acceptors (Lipinski definition) is 11. The number of carbonyl (C=O) groups is 2. The number of hydrogen-bond donors (Lipinski definition) is 4. The van der Waals surface area contributed by atoms with Crippen molar-refractivity contribution in [1.82, 2.24) is 15.2 Å². The first-order valence-corrected chi connectivity index (χ1v) is 22.3. The van der Waals surface area contributed by atoms with Gasteiger partial charge in [-0.25, -0.2) is 0 Å². The fraction of sp³-hybridized carbons (Fsp3) is 0.490. The molecule has 1 aliphatic rings. The molecule has 3 aromatic carbocycles. The van der Waals surface area contributed by atoms with Crippen LogP contribution in [0.4, 0.5) is 11.4 Å². The van der Waals surface area contributed by atoms with Crippen molar-refractivity contribution in [3.63, 3.8) is 0 Å². The molecule has 0 saturated carbocycles. The minimum absolute atomic E-state index is 0.000107. The summed E-state index contributed by atoms with van der Waals surface area (Å²) < 4.78 is 22.4. The Morgan fingerprint density at radius 3 is 2.19 bits per heavy atom. The van der Waals surface area contributed by atoms with Gasteiger partial charge >= 0.3 is 0 Å². The molecule has 0 fully saturated rings. The maximum atomic E-state index is 13.7. The Labute approximate surface area is 367 Å². The van der Waals surface area contributed by atoms with Gasteiger partial charge in [-0.05, 0) is 98.5 Å². The number of aromatic nitrogens is 1. The first kappa shape index (κ1) is 48.1. The van der Waals surface area contributed by atoms with Gasteiger partial charge in [-0.1, -0.05) is 48.5 Å². The van der Waals surface area contributed by atoms with E-state index in [9.17, 15) is 9.59 Å². The van der Waals surface area contributed by atoms with E-state index in [0.717, 1.165) is 67.8 Å². The van der Waals surface area contributed by atoms with Gasteiger partial charge in [0, 0.05) is 68.0 Å². The van der Waals surface area contributed by atoms with Crippen molar-refractivity contribution in [2.24, 2.45) is 0 Å². The van der Waals surface area contributed by atoms with Crippen LogP contribution in [0.2, 0.25) is 0 Å². The molecule has 0 radical (unpaired) electrons. The highest BCUT2D eigenvalue weighted by Crippen LogP contribution is 2.33. The van der Waals surface area contributed by atoms with Crippen LogP contribution in [-0.2, 0) is 43.1 Å². The number of ether oxygens (including phenoxy) is 4. The number of benzene rings is 3. The van der Waals surface area contributed by atoms with Crippen LogP contribution in [0.3, 0.4) is 0 Å². The minimum atomic E-state index is -0.159. The zero-order chi connectivity index (χ0) is 43.8. The Hall–Kier alpha value is -4.89. The van der Waals surface area contributed by atoms with Crippen LogP contribution < -0.4 is 15.5 Å². The zero-order valence-corrected chi connectivity index (χ0v) is 36.7. The second kappa shape index (κ2) is 27.2. The zero-order valence-electron chi connectivity index (χ0n) is 36.7. The highest BCUT2D eigenvalue weighted by atomic mass is 16.6. The Bertz CT molecular complexity index is 1940. The van der Waals surface area contributed by atoms with E-state index in [-0.39, 0.29) is 57.2 Å². The van der Waals surface area contributed by atoms with E-state index in [0.29, 0.717) is 58.4 Å². The number of anilines is 2. The first-order chi connectivity index (χ1) is 30.4. The van der Waals surface area contributed by atoms with Gasteiger partial charge in [0.15, 0.2) is 0 Å². The van der Waals surface area contributed by atoms with Gasteiger partial charge in [0.05, 0.1) is 77.6 Å². The van der Waals surface area contributed by atoms with Gasteiger partial charge in [0.1, 0.15) is 0 Å². The quantitative estimate of drug-likeness (QED) is 0.0461. The average molecular weight is 854 g/mol. The number of amides is 2. The molecule has 1 heterocycles.